The zero-order valence-corrected chi connectivity index (χ0v) is 13.7. The highest BCUT2D eigenvalue weighted by Crippen LogP contribution is 2.20. The molecule has 2 rings (SSSR count). The van der Waals surface area contributed by atoms with Gasteiger partial charge in [0.2, 0.25) is 10.0 Å². The van der Waals surface area contributed by atoms with Gasteiger partial charge in [0, 0.05) is 24.4 Å². The molecule has 0 heterocycles. The van der Waals surface area contributed by atoms with Crippen LogP contribution < -0.4 is 5.73 Å². The van der Waals surface area contributed by atoms with Crippen molar-refractivity contribution < 1.29 is 23.2 Å². The Morgan fingerprint density at radius 2 is 1.68 bits per heavy atom. The predicted octanol–water partition coefficient (Wildman–Crippen LogP) is 1.45. The molecule has 2 aromatic rings. The van der Waals surface area contributed by atoms with E-state index >= 15 is 0 Å². The quantitative estimate of drug-likeness (QED) is 0.429. The van der Waals surface area contributed by atoms with Crippen molar-refractivity contribution in [3.05, 3.63) is 64.2 Å². The second-order valence-electron chi connectivity index (χ2n) is 5.16. The highest BCUT2D eigenvalue weighted by Gasteiger charge is 2.27. The number of nitrogens with two attached hydrogens (primary N) is 1. The molecule has 0 aliphatic carbocycles. The number of nitro benzene ring substituents is 1. The number of nitro groups is 1. The van der Waals surface area contributed by atoms with Crippen molar-refractivity contribution >= 4 is 27.4 Å². The number of hydrogen-bond acceptors (Lipinski definition) is 6. The number of carbonyl (C=O) groups is 1. The molecule has 0 aliphatic rings. The molecule has 0 aromatic heterocycles. The number of anilines is 1. The van der Waals surface area contributed by atoms with Gasteiger partial charge in [-0.05, 0) is 29.8 Å². The molecule has 132 valence electrons. The molecule has 25 heavy (non-hydrogen) atoms. The zero-order chi connectivity index (χ0) is 18.6. The standard InChI is InChI=1S/C15H15N3O6S/c16-12-3-7-14(8-4-12)25(23,24)17(10-15(19)20)9-11-1-5-13(6-2-11)18(21)22/h1-8H,9-10,16H2,(H,19,20). The largest absolute Gasteiger partial charge is 0.480 e. The average molecular weight is 365 g/mol. The minimum atomic E-state index is -4.07. The van der Waals surface area contributed by atoms with Gasteiger partial charge in [0.15, 0.2) is 0 Å². The number of non-ortho nitro benzene ring substituents is 1. The van der Waals surface area contributed by atoms with Crippen LogP contribution in [0.2, 0.25) is 0 Å². The molecular formula is C15H15N3O6S. The van der Waals surface area contributed by atoms with Crippen LogP contribution in [-0.2, 0) is 21.4 Å². The Kier molecular flexibility index (Phi) is 5.35. The molecule has 0 amide bonds. The summed E-state index contributed by atoms with van der Waals surface area (Å²) in [5.41, 5.74) is 6.18. The Balaban J connectivity index is 2.33. The van der Waals surface area contributed by atoms with E-state index < -0.39 is 27.5 Å². The second-order valence-corrected chi connectivity index (χ2v) is 7.10. The molecule has 0 saturated carbocycles. The van der Waals surface area contributed by atoms with Crippen molar-refractivity contribution in [2.24, 2.45) is 0 Å². The summed E-state index contributed by atoms with van der Waals surface area (Å²) in [6.45, 7) is -0.985. The van der Waals surface area contributed by atoms with Crippen molar-refractivity contribution in [3.63, 3.8) is 0 Å². The summed E-state index contributed by atoms with van der Waals surface area (Å²) in [5.74, 6) is -1.32. The van der Waals surface area contributed by atoms with Crippen molar-refractivity contribution in [2.45, 2.75) is 11.4 Å². The average Bonchev–Trinajstić information content (AvgIpc) is 2.54. The van der Waals surface area contributed by atoms with E-state index in [1.54, 1.807) is 0 Å². The predicted molar refractivity (Wildman–Crippen MR) is 89.2 cm³/mol. The van der Waals surface area contributed by atoms with Crippen molar-refractivity contribution in [1.29, 1.82) is 0 Å². The first-order valence-corrected chi connectivity index (χ1v) is 8.45. The van der Waals surface area contributed by atoms with E-state index in [1.807, 2.05) is 0 Å². The fourth-order valence-corrected chi connectivity index (χ4v) is 3.47. The number of sulfonamides is 1. The van der Waals surface area contributed by atoms with Crippen LogP contribution >= 0.6 is 0 Å². The monoisotopic (exact) mass is 365 g/mol. The van der Waals surface area contributed by atoms with Crippen LogP contribution in [0.4, 0.5) is 11.4 Å². The number of nitrogen functional groups attached to an aromatic ring is 1. The SMILES string of the molecule is Nc1ccc(S(=O)(=O)N(CC(=O)O)Cc2ccc([N+](=O)[O-])cc2)cc1. The third kappa shape index (κ3) is 4.52. The zero-order valence-electron chi connectivity index (χ0n) is 12.9. The van der Waals surface area contributed by atoms with Gasteiger partial charge in [-0.1, -0.05) is 12.1 Å². The maximum Gasteiger partial charge on any atom is 0.318 e. The lowest BCUT2D eigenvalue weighted by atomic mass is 10.2. The molecule has 3 N–H and O–H groups in total. The summed E-state index contributed by atoms with van der Waals surface area (Å²) in [5, 5.41) is 19.7. The van der Waals surface area contributed by atoms with Crippen LogP contribution in [0, 0.1) is 10.1 Å². The number of nitrogens with zero attached hydrogens (tertiary/aromatic N) is 2. The fraction of sp³-hybridized carbons (Fsp3) is 0.133. The lowest BCUT2D eigenvalue weighted by molar-refractivity contribution is -0.384. The molecule has 0 bridgehead atoms. The van der Waals surface area contributed by atoms with E-state index in [0.29, 0.717) is 11.3 Å². The normalized spacial score (nSPS) is 11.4. The van der Waals surface area contributed by atoms with Gasteiger partial charge in [-0.25, -0.2) is 8.42 Å². The molecule has 0 spiro atoms. The fourth-order valence-electron chi connectivity index (χ4n) is 2.09. The van der Waals surface area contributed by atoms with Crippen LogP contribution in [0.3, 0.4) is 0 Å². The minimum absolute atomic E-state index is 0.0927. The molecule has 0 unspecified atom stereocenters. The first kappa shape index (κ1) is 18.4. The van der Waals surface area contributed by atoms with Gasteiger partial charge < -0.3 is 10.8 Å². The second kappa shape index (κ2) is 7.28. The van der Waals surface area contributed by atoms with Gasteiger partial charge in [-0.2, -0.15) is 4.31 Å². The first-order valence-electron chi connectivity index (χ1n) is 7.01. The number of aliphatic carboxylic acids is 1. The summed E-state index contributed by atoms with van der Waals surface area (Å²) in [6, 6.07) is 10.6. The van der Waals surface area contributed by atoms with Gasteiger partial charge >= 0.3 is 5.97 Å². The van der Waals surface area contributed by atoms with Gasteiger partial charge in [0.25, 0.3) is 5.69 Å². The summed E-state index contributed by atoms with van der Waals surface area (Å²) in [6.07, 6.45) is 0. The van der Waals surface area contributed by atoms with Crippen LogP contribution in [0.15, 0.2) is 53.4 Å². The summed E-state index contributed by atoms with van der Waals surface area (Å²) < 4.78 is 26.1. The van der Waals surface area contributed by atoms with E-state index in [4.69, 9.17) is 10.8 Å². The third-order valence-corrected chi connectivity index (χ3v) is 5.14. The first-order chi connectivity index (χ1) is 11.7. The van der Waals surface area contributed by atoms with E-state index in [0.717, 1.165) is 4.31 Å². The maximum atomic E-state index is 12.7. The lowest BCUT2D eigenvalue weighted by Gasteiger charge is -2.20. The lowest BCUT2D eigenvalue weighted by Crippen LogP contribution is -2.35. The highest BCUT2D eigenvalue weighted by molar-refractivity contribution is 7.89. The van der Waals surface area contributed by atoms with E-state index in [2.05, 4.69) is 0 Å². The molecule has 9 nitrogen and oxygen atoms in total. The Morgan fingerprint density at radius 3 is 2.16 bits per heavy atom. The highest BCUT2D eigenvalue weighted by atomic mass is 32.2. The smallest absolute Gasteiger partial charge is 0.318 e. The molecule has 0 atom stereocenters. The van der Waals surface area contributed by atoms with Crippen LogP contribution in [0.5, 0.6) is 0 Å². The number of hydrogen-bond donors (Lipinski definition) is 2. The molecule has 0 radical (unpaired) electrons. The molecule has 0 fully saturated rings. The Morgan fingerprint density at radius 1 is 1.12 bits per heavy atom. The van der Waals surface area contributed by atoms with E-state index in [1.165, 1.54) is 48.5 Å². The summed E-state index contributed by atoms with van der Waals surface area (Å²) >= 11 is 0. The van der Waals surface area contributed by atoms with E-state index in [-0.39, 0.29) is 17.1 Å². The van der Waals surface area contributed by atoms with E-state index in [9.17, 15) is 23.3 Å². The molecular weight excluding hydrogens is 350 g/mol. The van der Waals surface area contributed by atoms with Crippen molar-refractivity contribution in [3.8, 4) is 0 Å². The maximum absolute atomic E-state index is 12.7. The summed E-state index contributed by atoms with van der Waals surface area (Å²) in [4.78, 5) is 21.1. The van der Waals surface area contributed by atoms with Crippen LogP contribution in [0.1, 0.15) is 5.56 Å². The number of carboxylic acids is 1. The van der Waals surface area contributed by atoms with Crippen molar-refractivity contribution in [1.82, 2.24) is 4.31 Å². The van der Waals surface area contributed by atoms with Gasteiger partial charge in [-0.15, -0.1) is 0 Å². The van der Waals surface area contributed by atoms with Crippen LogP contribution in [-0.4, -0.2) is 35.3 Å². The van der Waals surface area contributed by atoms with Gasteiger partial charge in [0.1, 0.15) is 6.54 Å². The third-order valence-electron chi connectivity index (χ3n) is 3.34. The topological polar surface area (TPSA) is 144 Å². The van der Waals surface area contributed by atoms with Gasteiger partial charge in [-0.3, -0.25) is 14.9 Å². The van der Waals surface area contributed by atoms with Crippen LogP contribution in [0.25, 0.3) is 0 Å². The molecule has 10 heteroatoms. The summed E-state index contributed by atoms with van der Waals surface area (Å²) in [7, 11) is -4.07. The Labute approximate surface area is 143 Å². The molecule has 2 aromatic carbocycles. The number of carboxylic acid groups (broad SMARTS) is 1. The van der Waals surface area contributed by atoms with Gasteiger partial charge in [0.05, 0.1) is 9.82 Å². The van der Waals surface area contributed by atoms with Crippen molar-refractivity contribution in [2.75, 3.05) is 12.3 Å². The number of rotatable bonds is 7. The number of benzene rings is 2. The minimum Gasteiger partial charge on any atom is -0.480 e. The molecule has 0 saturated heterocycles. The Bertz CT molecular complexity index is 878. The molecule has 0 aliphatic heterocycles. The Hall–Kier alpha value is -2.98.